The molecule has 1 fully saturated rings. The Hall–Kier alpha value is -0.160. The second-order valence-electron chi connectivity index (χ2n) is 6.57. The number of nitrogens with zero attached hydrogens (tertiary/aromatic N) is 2. The van der Waals surface area contributed by atoms with E-state index in [2.05, 4.69) is 23.9 Å². The lowest BCUT2D eigenvalue weighted by molar-refractivity contribution is -0.0580. The van der Waals surface area contributed by atoms with Crippen LogP contribution in [-0.2, 0) is 4.74 Å². The molecule has 1 rings (SSSR count). The second kappa shape index (κ2) is 6.85. The molecule has 1 saturated heterocycles. The van der Waals surface area contributed by atoms with Gasteiger partial charge in [0.05, 0.1) is 18.3 Å². The van der Waals surface area contributed by atoms with Crippen molar-refractivity contribution in [1.29, 1.82) is 0 Å². The highest BCUT2D eigenvalue weighted by molar-refractivity contribution is 4.78. The van der Waals surface area contributed by atoms with E-state index in [0.717, 1.165) is 19.6 Å². The van der Waals surface area contributed by atoms with Crippen LogP contribution in [0.5, 0.6) is 0 Å². The van der Waals surface area contributed by atoms with Crippen LogP contribution < -0.4 is 0 Å². The first-order valence-corrected chi connectivity index (χ1v) is 6.99. The SMILES string of the molecule is CN(C)C1CCN(CC(O)COC(C)(C)C)CC1. The van der Waals surface area contributed by atoms with Gasteiger partial charge in [0.1, 0.15) is 0 Å². The highest BCUT2D eigenvalue weighted by atomic mass is 16.5. The minimum atomic E-state index is -0.375. The molecule has 1 aliphatic heterocycles. The van der Waals surface area contributed by atoms with Crippen LogP contribution in [0.1, 0.15) is 33.6 Å². The predicted molar refractivity (Wildman–Crippen MR) is 74.9 cm³/mol. The number of ether oxygens (including phenoxy) is 1. The molecule has 1 atom stereocenters. The molecular weight excluding hydrogens is 228 g/mol. The van der Waals surface area contributed by atoms with Crippen LogP contribution in [0.25, 0.3) is 0 Å². The molecule has 0 bridgehead atoms. The Kier molecular flexibility index (Phi) is 6.05. The quantitative estimate of drug-likeness (QED) is 0.803. The summed E-state index contributed by atoms with van der Waals surface area (Å²) in [6.07, 6.45) is 2.01. The van der Waals surface area contributed by atoms with Gasteiger partial charge < -0.3 is 19.6 Å². The van der Waals surface area contributed by atoms with Crippen LogP contribution in [-0.4, -0.2) is 73.0 Å². The van der Waals surface area contributed by atoms with Crippen molar-refractivity contribution in [1.82, 2.24) is 9.80 Å². The summed E-state index contributed by atoms with van der Waals surface area (Å²) in [5.41, 5.74) is -0.168. The van der Waals surface area contributed by atoms with Gasteiger partial charge in [0.25, 0.3) is 0 Å². The van der Waals surface area contributed by atoms with Crippen LogP contribution in [0, 0.1) is 0 Å². The fourth-order valence-electron chi connectivity index (χ4n) is 2.32. The van der Waals surface area contributed by atoms with Gasteiger partial charge in [-0.2, -0.15) is 0 Å². The van der Waals surface area contributed by atoms with Gasteiger partial charge in [-0.05, 0) is 60.8 Å². The van der Waals surface area contributed by atoms with Crippen LogP contribution in [0.2, 0.25) is 0 Å². The van der Waals surface area contributed by atoms with Crippen molar-refractivity contribution in [2.75, 3.05) is 40.3 Å². The molecule has 0 aromatic rings. The molecule has 1 aliphatic rings. The van der Waals surface area contributed by atoms with Gasteiger partial charge in [-0.1, -0.05) is 0 Å². The maximum absolute atomic E-state index is 9.96. The maximum Gasteiger partial charge on any atom is 0.0900 e. The molecule has 0 spiro atoms. The van der Waals surface area contributed by atoms with Crippen LogP contribution in [0.15, 0.2) is 0 Å². The third-order valence-corrected chi connectivity index (χ3v) is 3.47. The van der Waals surface area contributed by atoms with Gasteiger partial charge in [-0.25, -0.2) is 0 Å². The standard InChI is InChI=1S/C14H30N2O2/c1-14(2,3)18-11-13(17)10-16-8-6-12(7-9-16)15(4)5/h12-13,17H,6-11H2,1-5H3. The normalized spacial score (nSPS) is 21.5. The summed E-state index contributed by atoms with van der Waals surface area (Å²) < 4.78 is 5.61. The summed E-state index contributed by atoms with van der Waals surface area (Å²) in [4.78, 5) is 4.65. The fraction of sp³-hybridized carbons (Fsp3) is 1.00. The summed E-state index contributed by atoms with van der Waals surface area (Å²) in [7, 11) is 4.29. The average molecular weight is 258 g/mol. The molecule has 0 amide bonds. The maximum atomic E-state index is 9.96. The zero-order valence-corrected chi connectivity index (χ0v) is 12.6. The molecule has 0 aromatic heterocycles. The number of aliphatic hydroxyl groups excluding tert-OH is 1. The first-order valence-electron chi connectivity index (χ1n) is 6.99. The summed E-state index contributed by atoms with van der Waals surface area (Å²) in [6.45, 7) is 9.37. The molecule has 4 heteroatoms. The lowest BCUT2D eigenvalue weighted by atomic mass is 10.0. The molecule has 0 aliphatic carbocycles. The molecular formula is C14H30N2O2. The Morgan fingerprint density at radius 3 is 2.28 bits per heavy atom. The predicted octanol–water partition coefficient (Wildman–Crippen LogP) is 1.19. The van der Waals surface area contributed by atoms with E-state index in [0.29, 0.717) is 12.6 Å². The lowest BCUT2D eigenvalue weighted by Crippen LogP contribution is -2.45. The fourth-order valence-corrected chi connectivity index (χ4v) is 2.32. The summed E-state index contributed by atoms with van der Waals surface area (Å²) >= 11 is 0. The molecule has 4 nitrogen and oxygen atoms in total. The second-order valence-corrected chi connectivity index (χ2v) is 6.57. The topological polar surface area (TPSA) is 35.9 Å². The van der Waals surface area contributed by atoms with Gasteiger partial charge in [0.15, 0.2) is 0 Å². The van der Waals surface area contributed by atoms with Crippen molar-refractivity contribution in [2.24, 2.45) is 0 Å². The number of hydrogen-bond donors (Lipinski definition) is 1. The van der Waals surface area contributed by atoms with Crippen LogP contribution in [0.4, 0.5) is 0 Å². The molecule has 0 radical (unpaired) electrons. The summed E-state index contributed by atoms with van der Waals surface area (Å²) in [5.74, 6) is 0. The van der Waals surface area contributed by atoms with Crippen molar-refractivity contribution in [2.45, 2.75) is 51.4 Å². The van der Waals surface area contributed by atoms with E-state index in [4.69, 9.17) is 4.74 Å². The Morgan fingerprint density at radius 2 is 1.83 bits per heavy atom. The van der Waals surface area contributed by atoms with E-state index in [-0.39, 0.29) is 11.7 Å². The van der Waals surface area contributed by atoms with Gasteiger partial charge >= 0.3 is 0 Å². The van der Waals surface area contributed by atoms with Crippen LogP contribution in [0.3, 0.4) is 0 Å². The Balaban J connectivity index is 2.20. The van der Waals surface area contributed by atoms with Crippen molar-refractivity contribution in [3.63, 3.8) is 0 Å². The average Bonchev–Trinajstić information content (AvgIpc) is 2.26. The van der Waals surface area contributed by atoms with Crippen molar-refractivity contribution in [3.8, 4) is 0 Å². The van der Waals surface area contributed by atoms with Crippen LogP contribution >= 0.6 is 0 Å². The first-order chi connectivity index (χ1) is 8.28. The third kappa shape index (κ3) is 6.14. The third-order valence-electron chi connectivity index (χ3n) is 3.47. The minimum absolute atomic E-state index is 0.168. The van der Waals surface area contributed by atoms with E-state index in [9.17, 15) is 5.11 Å². The van der Waals surface area contributed by atoms with Crippen molar-refractivity contribution in [3.05, 3.63) is 0 Å². The summed E-state index contributed by atoms with van der Waals surface area (Å²) in [6, 6.07) is 0.698. The van der Waals surface area contributed by atoms with Crippen molar-refractivity contribution >= 4 is 0 Å². The van der Waals surface area contributed by atoms with E-state index >= 15 is 0 Å². The van der Waals surface area contributed by atoms with Gasteiger partial charge in [-0.15, -0.1) is 0 Å². The van der Waals surface area contributed by atoms with E-state index in [1.165, 1.54) is 12.8 Å². The summed E-state index contributed by atoms with van der Waals surface area (Å²) in [5, 5.41) is 9.96. The molecule has 18 heavy (non-hydrogen) atoms. The van der Waals surface area contributed by atoms with E-state index < -0.39 is 0 Å². The number of β-amino-alcohol motifs (C(OH)–C–C–N with tert-alkyl or cyclic N) is 1. The Bertz CT molecular complexity index is 230. The number of likely N-dealkylation sites (tertiary alicyclic amines) is 1. The molecule has 0 saturated carbocycles. The lowest BCUT2D eigenvalue weighted by Gasteiger charge is -2.36. The molecule has 1 unspecified atom stereocenters. The van der Waals surface area contributed by atoms with Gasteiger partial charge in [-0.3, -0.25) is 0 Å². The monoisotopic (exact) mass is 258 g/mol. The molecule has 1 N–H and O–H groups in total. The zero-order chi connectivity index (χ0) is 13.8. The zero-order valence-electron chi connectivity index (χ0n) is 12.6. The number of hydrogen-bond acceptors (Lipinski definition) is 4. The smallest absolute Gasteiger partial charge is 0.0900 e. The Morgan fingerprint density at radius 1 is 1.28 bits per heavy atom. The molecule has 1 heterocycles. The number of rotatable bonds is 5. The molecule has 0 aromatic carbocycles. The molecule has 108 valence electrons. The Labute approximate surface area is 112 Å². The highest BCUT2D eigenvalue weighted by Gasteiger charge is 2.22. The minimum Gasteiger partial charge on any atom is -0.389 e. The highest BCUT2D eigenvalue weighted by Crippen LogP contribution is 2.15. The first kappa shape index (κ1) is 15.9. The van der Waals surface area contributed by atoms with E-state index in [1.54, 1.807) is 0 Å². The number of piperidine rings is 1. The largest absolute Gasteiger partial charge is 0.389 e. The number of aliphatic hydroxyl groups is 1. The van der Waals surface area contributed by atoms with Gasteiger partial charge in [0, 0.05) is 12.6 Å². The van der Waals surface area contributed by atoms with Gasteiger partial charge in [0.2, 0.25) is 0 Å². The van der Waals surface area contributed by atoms with E-state index in [1.807, 2.05) is 20.8 Å². The van der Waals surface area contributed by atoms with Crippen molar-refractivity contribution < 1.29 is 9.84 Å².